The minimum atomic E-state index is -2.51. The van der Waals surface area contributed by atoms with Crippen molar-refractivity contribution in [3.8, 4) is 0 Å². The van der Waals surface area contributed by atoms with E-state index in [9.17, 15) is 0 Å². The van der Waals surface area contributed by atoms with Gasteiger partial charge in [-0.15, -0.1) is 0 Å². The number of rotatable bonds is 99. The second-order valence-corrected chi connectivity index (χ2v) is 58.5. The number of thiocarbonyl (C=S) groups is 3. The van der Waals surface area contributed by atoms with Crippen LogP contribution in [0.2, 0.25) is 0 Å². The second kappa shape index (κ2) is 107. The van der Waals surface area contributed by atoms with Gasteiger partial charge < -0.3 is 0 Å². The van der Waals surface area contributed by atoms with Gasteiger partial charge in [0, 0.05) is 0 Å². The van der Waals surface area contributed by atoms with E-state index in [1.54, 1.807) is 0 Å². The van der Waals surface area contributed by atoms with E-state index in [1.807, 2.05) is 0 Å². The van der Waals surface area contributed by atoms with Gasteiger partial charge >= 0.3 is 452 Å². The summed E-state index contributed by atoms with van der Waals surface area (Å²) in [5.41, 5.74) is 0. The second-order valence-electron chi connectivity index (χ2n) is 36.9. The monoisotopic (exact) mass is 1900 g/mol. The molecule has 710 valence electrons. The van der Waals surface area contributed by atoms with E-state index in [2.05, 4.69) is 156 Å². The summed E-state index contributed by atoms with van der Waals surface area (Å²) in [6.07, 6.45) is 143. The average Bonchev–Trinajstić information content (AvgIpc) is 0.871. The van der Waals surface area contributed by atoms with Gasteiger partial charge in [0.2, 0.25) is 0 Å². The third-order valence-electron chi connectivity index (χ3n) is 24.9. The molecule has 0 aromatic rings. The van der Waals surface area contributed by atoms with E-state index >= 15 is 0 Å². The van der Waals surface area contributed by atoms with Gasteiger partial charge in [0.25, 0.3) is 0 Å². The number of hydrogen-bond acceptors (Lipinski definition) is 6. The van der Waals surface area contributed by atoms with Crippen LogP contribution in [0.25, 0.3) is 0 Å². The maximum absolute atomic E-state index is 6.88. The molecule has 0 amide bonds. The maximum atomic E-state index is 6.88. The zero-order valence-electron chi connectivity index (χ0n) is 82.3. The summed E-state index contributed by atoms with van der Waals surface area (Å²) in [6, 6.07) is 0. The number of unbranched alkanes of at least 4 members (excludes halogenated alkanes) is 72. The van der Waals surface area contributed by atoms with Crippen molar-refractivity contribution in [2.45, 2.75) is 581 Å². The summed E-state index contributed by atoms with van der Waals surface area (Å²) in [7, 11) is 6.38. The fraction of sp³-hybridized carbons (Fsp3) is 0.865. The molecule has 0 bridgehead atoms. The molecule has 3 nitrogen and oxygen atoms in total. The molecule has 0 aliphatic carbocycles. The molecule has 0 fully saturated rings. The molecule has 121 heavy (non-hydrogen) atoms. The molecule has 0 radical (unpaired) electrons. The predicted octanol–water partition coefficient (Wildman–Crippen LogP) is 41.2. The Kier molecular flexibility index (Phi) is 107. The molecular formula is C111H210N3S6Sb. The van der Waals surface area contributed by atoms with E-state index in [0.29, 0.717) is 0 Å². The van der Waals surface area contributed by atoms with Crippen molar-refractivity contribution >= 4 is 92.2 Å². The Balaban J connectivity index is 6.89. The van der Waals surface area contributed by atoms with Crippen LogP contribution in [0.1, 0.15) is 581 Å². The number of nitrogens with zero attached hydrogens (tertiary/aromatic N) is 3. The fourth-order valence-electron chi connectivity index (χ4n) is 16.6. The van der Waals surface area contributed by atoms with Crippen molar-refractivity contribution in [3.05, 3.63) is 72.9 Å². The van der Waals surface area contributed by atoms with Crippen LogP contribution in [0.5, 0.6) is 0 Å². The van der Waals surface area contributed by atoms with Crippen LogP contribution in [-0.4, -0.2) is 82.9 Å². The predicted molar refractivity (Wildman–Crippen MR) is 578 cm³/mol. The molecule has 10 heteroatoms. The Hall–Kier alpha value is -0.0218. The molecule has 0 saturated carbocycles. The van der Waals surface area contributed by atoms with Crippen molar-refractivity contribution in [1.82, 2.24) is 14.7 Å². The standard InChI is InChI=1S/3C37H71NS2.Sb/c3*1-3-5-7-9-11-13-15-17-19-21-23-25-27-29-31-33-35-38(37(39)40)36-34-32-30-28-26-24-22-20-18-16-14-12-10-8-6-4-2;/h3*17-20H,3-16,21-36H2,1-2H3,(H,39,40);/q;;;+3/p-3/b3*19-17-,20-18-;. The van der Waals surface area contributed by atoms with E-state index in [1.165, 1.54) is 539 Å². The first-order valence-corrected chi connectivity index (χ1v) is 67.4. The summed E-state index contributed by atoms with van der Waals surface area (Å²) < 4.78 is 3.49. The quantitative estimate of drug-likeness (QED) is 0.0253. The Morgan fingerprint density at radius 1 is 0.157 bits per heavy atom. The van der Waals surface area contributed by atoms with Gasteiger partial charge in [0.1, 0.15) is 0 Å². The van der Waals surface area contributed by atoms with Crippen LogP contribution in [-0.2, 0) is 0 Å². The fourth-order valence-corrected chi connectivity index (χ4v) is 46.7. The van der Waals surface area contributed by atoms with Gasteiger partial charge in [0.15, 0.2) is 0 Å². The summed E-state index contributed by atoms with van der Waals surface area (Å²) in [5.74, 6) is 0. The molecule has 0 rings (SSSR count). The SMILES string of the molecule is CCCCCCCC/C=C\CCCCCCCCN(CCCCCCCC/C=C\CCCCCCCC)C(=S)[S][Sb]([S]C(=S)N(CCCCCCCC/C=C\CCCCCCCC)CCCCCCCC/C=C\CCCCCCCC)[S]C(=S)N(CCCCCCCC/C=C\CCCCCCCC)CCCCCCCC/C=C\CCCCCCCC. The molecule has 0 aliphatic rings. The Morgan fingerprint density at radius 3 is 0.372 bits per heavy atom. The summed E-state index contributed by atoms with van der Waals surface area (Å²) >= 11 is 18.1. The average molecular weight is 1900 g/mol. The van der Waals surface area contributed by atoms with Gasteiger partial charge in [-0.3, -0.25) is 0 Å². The first-order valence-electron chi connectivity index (χ1n) is 54.5. The molecule has 0 N–H and O–H groups in total. The van der Waals surface area contributed by atoms with E-state index < -0.39 is 16.0 Å². The summed E-state index contributed by atoms with van der Waals surface area (Å²) in [4.78, 5) is 8.13. The minimum Gasteiger partial charge on any atom is -0.0885 e. The van der Waals surface area contributed by atoms with Crippen LogP contribution in [0.4, 0.5) is 0 Å². The molecule has 0 unspecified atom stereocenters. The van der Waals surface area contributed by atoms with Crippen molar-refractivity contribution < 1.29 is 0 Å². The first-order chi connectivity index (χ1) is 59.9. The number of allylic oxidation sites excluding steroid dienone is 12. The minimum absolute atomic E-state index is 1.09. The molecule has 0 aromatic heterocycles. The van der Waals surface area contributed by atoms with Crippen molar-refractivity contribution in [3.63, 3.8) is 0 Å². The molecule has 0 aliphatic heterocycles. The number of hydrogen-bond donors (Lipinski definition) is 0. The third kappa shape index (κ3) is 95.9. The Labute approximate surface area is 792 Å². The zero-order chi connectivity index (χ0) is 87.3. The van der Waals surface area contributed by atoms with Gasteiger partial charge in [-0.25, -0.2) is 0 Å². The van der Waals surface area contributed by atoms with Crippen molar-refractivity contribution in [2.75, 3.05) is 39.3 Å². The summed E-state index contributed by atoms with van der Waals surface area (Å²) in [5, 5.41) is 0. The van der Waals surface area contributed by atoms with Crippen molar-refractivity contribution in [2.24, 2.45) is 0 Å². The van der Waals surface area contributed by atoms with Crippen LogP contribution >= 0.6 is 63.2 Å². The molecular weight excluding hydrogens is 1690 g/mol. The normalized spacial score (nSPS) is 12.1. The van der Waals surface area contributed by atoms with Crippen LogP contribution in [0.3, 0.4) is 0 Å². The third-order valence-corrected chi connectivity index (χ3v) is 48.7. The smallest absolute Gasteiger partial charge is 0.0885 e. The summed E-state index contributed by atoms with van der Waals surface area (Å²) in [6.45, 7) is 20.5. The van der Waals surface area contributed by atoms with Gasteiger partial charge in [0.05, 0.1) is 0 Å². The van der Waals surface area contributed by atoms with E-state index in [0.717, 1.165) is 52.2 Å². The van der Waals surface area contributed by atoms with Gasteiger partial charge in [-0.05, 0) is 77.0 Å². The molecule has 0 aromatic carbocycles. The van der Waals surface area contributed by atoms with Crippen LogP contribution < -0.4 is 0 Å². The topological polar surface area (TPSA) is 9.72 Å². The molecule has 0 heterocycles. The zero-order valence-corrected chi connectivity index (χ0v) is 89.8. The Bertz CT molecular complexity index is 1880. The van der Waals surface area contributed by atoms with E-state index in [4.69, 9.17) is 36.7 Å². The van der Waals surface area contributed by atoms with Gasteiger partial charge in [-0.1, -0.05) is 271 Å². The van der Waals surface area contributed by atoms with Gasteiger partial charge in [-0.2, -0.15) is 0 Å². The molecule has 0 atom stereocenters. The molecule has 0 spiro atoms. The molecule has 0 saturated heterocycles. The van der Waals surface area contributed by atoms with E-state index in [-0.39, 0.29) is 0 Å². The first kappa shape index (κ1) is 121. The van der Waals surface area contributed by atoms with Crippen LogP contribution in [0, 0.1) is 0 Å². The van der Waals surface area contributed by atoms with Crippen molar-refractivity contribution in [1.29, 1.82) is 0 Å². The Morgan fingerprint density at radius 2 is 0.256 bits per heavy atom. The van der Waals surface area contributed by atoms with Crippen LogP contribution in [0.15, 0.2) is 72.9 Å².